The maximum atomic E-state index is 11.2. The topological polar surface area (TPSA) is 39.2 Å². The monoisotopic (exact) mass is 321 g/mol. The van der Waals surface area contributed by atoms with Gasteiger partial charge in [0.15, 0.2) is 0 Å². The molecule has 0 aliphatic heterocycles. The minimum Gasteiger partial charge on any atom is -0.478 e. The van der Waals surface area contributed by atoms with Crippen LogP contribution in [0.15, 0.2) is 42.6 Å². The quantitative estimate of drug-likeness (QED) is 0.742. The minimum absolute atomic E-state index is 0.213. The van der Waals surface area contributed by atoms with Crippen LogP contribution < -0.4 is 4.74 Å². The second-order valence-corrected chi connectivity index (χ2v) is 5.91. The molecule has 1 unspecified atom stereocenters. The first-order chi connectivity index (χ1) is 11.6. The number of hydrogen-bond donors (Lipinski definition) is 0. The molecule has 0 amide bonds. The maximum absolute atomic E-state index is 11.2. The second-order valence-electron chi connectivity index (χ2n) is 5.91. The Bertz CT molecular complexity index is 738. The van der Waals surface area contributed by atoms with Crippen LogP contribution in [0.3, 0.4) is 0 Å². The number of aromatic nitrogens is 1. The molecule has 0 saturated carbocycles. The van der Waals surface area contributed by atoms with E-state index in [0.29, 0.717) is 18.9 Å². The first-order valence-electron chi connectivity index (χ1n) is 8.28. The van der Waals surface area contributed by atoms with E-state index in [2.05, 4.69) is 30.7 Å². The maximum Gasteiger partial charge on any atom is 0.214 e. The van der Waals surface area contributed by atoms with Gasteiger partial charge < -0.3 is 9.53 Å². The Morgan fingerprint density at radius 2 is 1.88 bits per heavy atom. The fourth-order valence-electron chi connectivity index (χ4n) is 2.36. The molecule has 2 aromatic rings. The highest BCUT2D eigenvalue weighted by Crippen LogP contribution is 2.19. The molecule has 3 nitrogen and oxygen atoms in total. The molecule has 3 heteroatoms. The van der Waals surface area contributed by atoms with Crippen molar-refractivity contribution in [2.45, 2.75) is 39.5 Å². The van der Waals surface area contributed by atoms with Crippen molar-refractivity contribution in [1.82, 2.24) is 4.98 Å². The molecule has 1 atom stereocenters. The van der Waals surface area contributed by atoms with E-state index in [0.717, 1.165) is 23.1 Å². The van der Waals surface area contributed by atoms with Crippen molar-refractivity contribution < 1.29 is 9.53 Å². The standard InChI is InChI=1S/C21H23NO2/c1-4-13-24-21-15-19(11-12-22-21)6-5-18-7-9-20(10-8-18)16(2)14-17(3)23/h7-12,15-16H,4,13-14H2,1-3H3. The highest BCUT2D eigenvalue weighted by atomic mass is 16.5. The highest BCUT2D eigenvalue weighted by Gasteiger charge is 2.07. The van der Waals surface area contributed by atoms with E-state index < -0.39 is 0 Å². The van der Waals surface area contributed by atoms with Gasteiger partial charge in [-0.05, 0) is 43.0 Å². The van der Waals surface area contributed by atoms with E-state index in [1.54, 1.807) is 13.1 Å². The molecule has 1 aromatic heterocycles. The summed E-state index contributed by atoms with van der Waals surface area (Å²) in [4.78, 5) is 15.4. The number of ether oxygens (including phenoxy) is 1. The molecular formula is C21H23NO2. The Labute approximate surface area is 144 Å². The average molecular weight is 321 g/mol. The minimum atomic E-state index is 0.213. The van der Waals surface area contributed by atoms with Crippen molar-refractivity contribution in [2.24, 2.45) is 0 Å². The Balaban J connectivity index is 2.07. The number of pyridine rings is 1. The van der Waals surface area contributed by atoms with Crippen molar-refractivity contribution in [3.05, 3.63) is 59.3 Å². The third-order valence-corrected chi connectivity index (χ3v) is 3.61. The lowest BCUT2D eigenvalue weighted by atomic mass is 9.95. The average Bonchev–Trinajstić information content (AvgIpc) is 2.58. The largest absolute Gasteiger partial charge is 0.478 e. The molecule has 0 aliphatic carbocycles. The van der Waals surface area contributed by atoms with Crippen LogP contribution in [0.2, 0.25) is 0 Å². The first-order valence-corrected chi connectivity index (χ1v) is 8.28. The van der Waals surface area contributed by atoms with Crippen LogP contribution in [0, 0.1) is 11.8 Å². The summed E-state index contributed by atoms with van der Waals surface area (Å²) in [7, 11) is 0. The van der Waals surface area contributed by atoms with E-state index in [1.807, 2.05) is 36.4 Å². The van der Waals surface area contributed by atoms with E-state index >= 15 is 0 Å². The van der Waals surface area contributed by atoms with Crippen LogP contribution in [0.4, 0.5) is 0 Å². The Hall–Kier alpha value is -2.60. The second kappa shape index (κ2) is 8.88. The lowest BCUT2D eigenvalue weighted by molar-refractivity contribution is -0.117. The molecule has 0 bridgehead atoms. The predicted molar refractivity (Wildman–Crippen MR) is 96.2 cm³/mol. The van der Waals surface area contributed by atoms with Gasteiger partial charge in [-0.2, -0.15) is 0 Å². The number of nitrogens with zero attached hydrogens (tertiary/aromatic N) is 1. The number of ketones is 1. The summed E-state index contributed by atoms with van der Waals surface area (Å²) in [5, 5.41) is 0. The normalized spacial score (nSPS) is 11.3. The Kier molecular flexibility index (Phi) is 6.57. The molecule has 0 spiro atoms. The van der Waals surface area contributed by atoms with Gasteiger partial charge >= 0.3 is 0 Å². The summed E-state index contributed by atoms with van der Waals surface area (Å²) < 4.78 is 5.52. The summed E-state index contributed by atoms with van der Waals surface area (Å²) in [6.45, 7) is 6.41. The molecular weight excluding hydrogens is 298 g/mol. The zero-order valence-corrected chi connectivity index (χ0v) is 14.5. The van der Waals surface area contributed by atoms with Crippen LogP contribution in [0.5, 0.6) is 5.88 Å². The summed E-state index contributed by atoms with van der Waals surface area (Å²) in [6.07, 6.45) is 3.23. The third kappa shape index (κ3) is 5.55. The summed E-state index contributed by atoms with van der Waals surface area (Å²) in [6, 6.07) is 11.8. The zero-order valence-electron chi connectivity index (χ0n) is 14.5. The number of carbonyl (C=O) groups excluding carboxylic acids is 1. The molecule has 0 aliphatic rings. The fourth-order valence-corrected chi connectivity index (χ4v) is 2.36. The van der Waals surface area contributed by atoms with Crippen LogP contribution in [0.1, 0.15) is 56.2 Å². The van der Waals surface area contributed by atoms with Crippen molar-refractivity contribution in [2.75, 3.05) is 6.61 Å². The van der Waals surface area contributed by atoms with E-state index in [9.17, 15) is 4.79 Å². The molecule has 0 radical (unpaired) electrons. The van der Waals surface area contributed by atoms with Gasteiger partial charge in [0.25, 0.3) is 0 Å². The Morgan fingerprint density at radius 3 is 2.54 bits per heavy atom. The summed E-state index contributed by atoms with van der Waals surface area (Å²) >= 11 is 0. The molecule has 24 heavy (non-hydrogen) atoms. The summed E-state index contributed by atoms with van der Waals surface area (Å²) in [5.74, 6) is 7.35. The van der Waals surface area contributed by atoms with Gasteiger partial charge in [0.1, 0.15) is 5.78 Å². The van der Waals surface area contributed by atoms with Crippen molar-refractivity contribution >= 4 is 5.78 Å². The molecule has 1 aromatic carbocycles. The smallest absolute Gasteiger partial charge is 0.214 e. The molecule has 1 heterocycles. The molecule has 124 valence electrons. The van der Waals surface area contributed by atoms with Gasteiger partial charge in [0, 0.05) is 29.8 Å². The molecule has 0 N–H and O–H groups in total. The molecule has 0 fully saturated rings. The van der Waals surface area contributed by atoms with Crippen molar-refractivity contribution in [3.63, 3.8) is 0 Å². The fraction of sp³-hybridized carbons (Fsp3) is 0.333. The lowest BCUT2D eigenvalue weighted by Crippen LogP contribution is -2.00. The zero-order chi connectivity index (χ0) is 17.4. The SMILES string of the molecule is CCCOc1cc(C#Cc2ccc(C(C)CC(C)=O)cc2)ccn1. The number of benzene rings is 1. The van der Waals surface area contributed by atoms with E-state index in [-0.39, 0.29) is 11.7 Å². The number of hydrogen-bond acceptors (Lipinski definition) is 3. The lowest BCUT2D eigenvalue weighted by Gasteiger charge is -2.09. The first kappa shape index (κ1) is 17.7. The highest BCUT2D eigenvalue weighted by molar-refractivity contribution is 5.76. The van der Waals surface area contributed by atoms with Crippen LogP contribution in [0.25, 0.3) is 0 Å². The van der Waals surface area contributed by atoms with E-state index in [4.69, 9.17) is 4.74 Å². The summed E-state index contributed by atoms with van der Waals surface area (Å²) in [5.41, 5.74) is 2.99. The molecule has 0 saturated heterocycles. The van der Waals surface area contributed by atoms with Gasteiger partial charge in [-0.25, -0.2) is 4.98 Å². The van der Waals surface area contributed by atoms with Gasteiger partial charge in [-0.3, -0.25) is 0 Å². The van der Waals surface area contributed by atoms with Crippen LogP contribution in [-0.4, -0.2) is 17.4 Å². The van der Waals surface area contributed by atoms with Gasteiger partial charge in [0.05, 0.1) is 6.61 Å². The van der Waals surface area contributed by atoms with Crippen LogP contribution in [-0.2, 0) is 4.79 Å². The van der Waals surface area contributed by atoms with E-state index in [1.165, 1.54) is 0 Å². The Morgan fingerprint density at radius 1 is 1.17 bits per heavy atom. The van der Waals surface area contributed by atoms with Gasteiger partial charge in [-0.15, -0.1) is 0 Å². The number of Topliss-reactive ketones (excluding diaryl/α,β-unsaturated/α-hetero) is 1. The van der Waals surface area contributed by atoms with Gasteiger partial charge in [-0.1, -0.05) is 37.8 Å². The molecule has 2 rings (SSSR count). The van der Waals surface area contributed by atoms with Crippen LogP contribution >= 0.6 is 0 Å². The third-order valence-electron chi connectivity index (χ3n) is 3.61. The predicted octanol–water partition coefficient (Wildman–Crippen LogP) is 4.35. The van der Waals surface area contributed by atoms with Crippen molar-refractivity contribution in [3.8, 4) is 17.7 Å². The van der Waals surface area contributed by atoms with Crippen molar-refractivity contribution in [1.29, 1.82) is 0 Å². The number of carbonyl (C=O) groups is 1. The number of rotatable bonds is 6. The van der Waals surface area contributed by atoms with Gasteiger partial charge in [0.2, 0.25) is 5.88 Å².